The van der Waals surface area contributed by atoms with Gasteiger partial charge < -0.3 is 10.5 Å². The molecule has 0 bridgehead atoms. The number of hydrogen-bond donors (Lipinski definition) is 1. The molecule has 0 aliphatic heterocycles. The Hall–Kier alpha value is -1.64. The molecule has 2 N–H and O–H groups in total. The molecule has 0 aliphatic rings. The van der Waals surface area contributed by atoms with Crippen LogP contribution in [0.5, 0.6) is 0 Å². The number of benzene rings is 1. The molecule has 0 fully saturated rings. The van der Waals surface area contributed by atoms with Crippen molar-refractivity contribution in [1.82, 2.24) is 0 Å². The van der Waals surface area contributed by atoms with Crippen molar-refractivity contribution in [3.63, 3.8) is 0 Å². The number of Topliss-reactive ketones (excluding diaryl/α,β-unsaturated/α-hetero) is 1. The first-order chi connectivity index (χ1) is 9.00. The molecule has 0 saturated heterocycles. The van der Waals surface area contributed by atoms with Crippen molar-refractivity contribution in [2.24, 2.45) is 5.73 Å². The zero-order chi connectivity index (χ0) is 14.3. The number of nitrogens with two attached hydrogens (primary N) is 1. The zero-order valence-electron chi connectivity index (χ0n) is 11.8. The van der Waals surface area contributed by atoms with E-state index < -0.39 is 0 Å². The number of ketones is 1. The maximum atomic E-state index is 11.6. The standard InChI is InChI=1S/C16H23NO2/c1-12-7-6-9-14(11-12)15(16(17)19)10-5-3-4-8-13(2)18/h6-7,9,11,15H,3-5,8,10H2,1-2H3,(H2,17,19). The van der Waals surface area contributed by atoms with E-state index >= 15 is 0 Å². The van der Waals surface area contributed by atoms with Crippen LogP contribution in [0.15, 0.2) is 24.3 Å². The third kappa shape index (κ3) is 5.69. The minimum Gasteiger partial charge on any atom is -0.369 e. The Morgan fingerprint density at radius 2 is 1.95 bits per heavy atom. The fourth-order valence-corrected chi connectivity index (χ4v) is 2.26. The molecule has 0 aromatic heterocycles. The lowest BCUT2D eigenvalue weighted by atomic mass is 9.91. The SMILES string of the molecule is CC(=O)CCCCCC(C(N)=O)c1cccc(C)c1. The number of aryl methyl sites for hydroxylation is 1. The molecule has 1 atom stereocenters. The monoisotopic (exact) mass is 261 g/mol. The summed E-state index contributed by atoms with van der Waals surface area (Å²) in [6.07, 6.45) is 4.18. The summed E-state index contributed by atoms with van der Waals surface area (Å²) < 4.78 is 0. The number of unbranched alkanes of at least 4 members (excludes halogenated alkanes) is 2. The van der Waals surface area contributed by atoms with Crippen LogP contribution in [0.1, 0.15) is 56.1 Å². The van der Waals surface area contributed by atoms with E-state index in [0.29, 0.717) is 6.42 Å². The van der Waals surface area contributed by atoms with Crippen LogP contribution < -0.4 is 5.73 Å². The topological polar surface area (TPSA) is 60.2 Å². The van der Waals surface area contributed by atoms with Crippen LogP contribution in [0.4, 0.5) is 0 Å². The van der Waals surface area contributed by atoms with E-state index in [1.54, 1.807) is 6.92 Å². The third-order valence-corrected chi connectivity index (χ3v) is 3.31. The molecule has 1 rings (SSSR count). The van der Waals surface area contributed by atoms with Crippen LogP contribution >= 0.6 is 0 Å². The van der Waals surface area contributed by atoms with E-state index in [1.807, 2.05) is 31.2 Å². The predicted molar refractivity (Wildman–Crippen MR) is 76.9 cm³/mol. The molecule has 19 heavy (non-hydrogen) atoms. The van der Waals surface area contributed by atoms with Crippen molar-refractivity contribution in [1.29, 1.82) is 0 Å². The van der Waals surface area contributed by atoms with Crippen LogP contribution in [0, 0.1) is 6.92 Å². The van der Waals surface area contributed by atoms with Gasteiger partial charge in [0.05, 0.1) is 5.92 Å². The summed E-state index contributed by atoms with van der Waals surface area (Å²) in [5.41, 5.74) is 7.63. The van der Waals surface area contributed by atoms with Gasteiger partial charge in [-0.1, -0.05) is 42.7 Å². The van der Waals surface area contributed by atoms with Gasteiger partial charge in [-0.15, -0.1) is 0 Å². The Bertz CT molecular complexity index is 440. The van der Waals surface area contributed by atoms with Gasteiger partial charge in [0.25, 0.3) is 0 Å². The van der Waals surface area contributed by atoms with E-state index in [2.05, 4.69) is 0 Å². The second-order valence-corrected chi connectivity index (χ2v) is 5.17. The van der Waals surface area contributed by atoms with Crippen molar-refractivity contribution < 1.29 is 9.59 Å². The largest absolute Gasteiger partial charge is 0.369 e. The summed E-state index contributed by atoms with van der Waals surface area (Å²) in [4.78, 5) is 22.4. The molecule has 104 valence electrons. The Labute approximate surface area is 115 Å². The first-order valence-corrected chi connectivity index (χ1v) is 6.86. The van der Waals surface area contributed by atoms with Gasteiger partial charge in [-0.25, -0.2) is 0 Å². The molecule has 1 aromatic carbocycles. The summed E-state index contributed by atoms with van der Waals surface area (Å²) in [6.45, 7) is 3.62. The van der Waals surface area contributed by atoms with Crippen molar-refractivity contribution in [2.45, 2.75) is 51.9 Å². The molecule has 0 radical (unpaired) electrons. The predicted octanol–water partition coefficient (Wildman–Crippen LogP) is 3.10. The quantitative estimate of drug-likeness (QED) is 0.731. The highest BCUT2D eigenvalue weighted by Crippen LogP contribution is 2.23. The molecule has 1 unspecified atom stereocenters. The smallest absolute Gasteiger partial charge is 0.224 e. The third-order valence-electron chi connectivity index (χ3n) is 3.31. The number of rotatable bonds is 8. The maximum Gasteiger partial charge on any atom is 0.224 e. The highest BCUT2D eigenvalue weighted by atomic mass is 16.1. The first-order valence-electron chi connectivity index (χ1n) is 6.86. The molecule has 3 heteroatoms. The van der Waals surface area contributed by atoms with Crippen LogP contribution in [-0.2, 0) is 9.59 Å². The number of primary amides is 1. The van der Waals surface area contributed by atoms with Crippen LogP contribution in [0.2, 0.25) is 0 Å². The van der Waals surface area contributed by atoms with Crippen LogP contribution in [-0.4, -0.2) is 11.7 Å². The van der Waals surface area contributed by atoms with E-state index in [0.717, 1.165) is 36.8 Å². The van der Waals surface area contributed by atoms with Gasteiger partial charge in [-0.3, -0.25) is 4.79 Å². The lowest BCUT2D eigenvalue weighted by molar-refractivity contribution is -0.120. The molecule has 1 amide bonds. The maximum absolute atomic E-state index is 11.6. The summed E-state index contributed by atoms with van der Waals surface area (Å²) >= 11 is 0. The minimum absolute atomic E-state index is 0.211. The Morgan fingerprint density at radius 1 is 1.21 bits per heavy atom. The molecular weight excluding hydrogens is 238 g/mol. The molecule has 1 aromatic rings. The van der Waals surface area contributed by atoms with Gasteiger partial charge in [0.1, 0.15) is 5.78 Å². The highest BCUT2D eigenvalue weighted by molar-refractivity contribution is 5.81. The van der Waals surface area contributed by atoms with Crippen LogP contribution in [0.3, 0.4) is 0 Å². The van der Waals surface area contributed by atoms with Crippen molar-refractivity contribution in [3.8, 4) is 0 Å². The van der Waals surface area contributed by atoms with Crippen molar-refractivity contribution in [2.75, 3.05) is 0 Å². The molecule has 0 aliphatic carbocycles. The fourth-order valence-electron chi connectivity index (χ4n) is 2.26. The number of carbonyl (C=O) groups excluding carboxylic acids is 2. The van der Waals surface area contributed by atoms with Crippen LogP contribution in [0.25, 0.3) is 0 Å². The molecule has 0 saturated carbocycles. The number of amides is 1. The lowest BCUT2D eigenvalue weighted by Gasteiger charge is -2.14. The average Bonchev–Trinajstić information content (AvgIpc) is 2.32. The zero-order valence-corrected chi connectivity index (χ0v) is 11.8. The van der Waals surface area contributed by atoms with Crippen molar-refractivity contribution >= 4 is 11.7 Å². The molecule has 0 spiro atoms. The summed E-state index contributed by atoms with van der Waals surface area (Å²) in [6, 6.07) is 7.94. The number of hydrogen-bond acceptors (Lipinski definition) is 2. The normalized spacial score (nSPS) is 12.1. The average molecular weight is 261 g/mol. The summed E-state index contributed by atoms with van der Waals surface area (Å²) in [7, 11) is 0. The fraction of sp³-hybridized carbons (Fsp3) is 0.500. The lowest BCUT2D eigenvalue weighted by Crippen LogP contribution is -2.21. The van der Waals surface area contributed by atoms with E-state index in [4.69, 9.17) is 5.73 Å². The van der Waals surface area contributed by atoms with E-state index in [-0.39, 0.29) is 17.6 Å². The van der Waals surface area contributed by atoms with Gasteiger partial charge in [0.2, 0.25) is 5.91 Å². The summed E-state index contributed by atoms with van der Waals surface area (Å²) in [5.74, 6) is -0.250. The number of carbonyl (C=O) groups is 2. The first kappa shape index (κ1) is 15.4. The summed E-state index contributed by atoms with van der Waals surface area (Å²) in [5, 5.41) is 0. The van der Waals surface area contributed by atoms with Gasteiger partial charge >= 0.3 is 0 Å². The minimum atomic E-state index is -0.267. The van der Waals surface area contributed by atoms with E-state index in [1.165, 1.54) is 0 Å². The highest BCUT2D eigenvalue weighted by Gasteiger charge is 2.17. The van der Waals surface area contributed by atoms with E-state index in [9.17, 15) is 9.59 Å². The molecule has 0 heterocycles. The Morgan fingerprint density at radius 3 is 2.53 bits per heavy atom. The molecular formula is C16H23NO2. The Kier molecular flexibility index (Phi) is 6.26. The van der Waals surface area contributed by atoms with Gasteiger partial charge in [0, 0.05) is 6.42 Å². The Balaban J connectivity index is 2.50. The second-order valence-electron chi connectivity index (χ2n) is 5.17. The molecule has 3 nitrogen and oxygen atoms in total. The van der Waals surface area contributed by atoms with Crippen molar-refractivity contribution in [3.05, 3.63) is 35.4 Å². The second kappa shape index (κ2) is 7.72. The van der Waals surface area contributed by atoms with Gasteiger partial charge in [-0.2, -0.15) is 0 Å². The van der Waals surface area contributed by atoms with Gasteiger partial charge in [-0.05, 0) is 32.3 Å². The van der Waals surface area contributed by atoms with Gasteiger partial charge in [0.15, 0.2) is 0 Å².